The molecule has 1 atom stereocenters. The van der Waals surface area contributed by atoms with E-state index in [0.29, 0.717) is 24.2 Å². The van der Waals surface area contributed by atoms with E-state index in [4.69, 9.17) is 0 Å². The van der Waals surface area contributed by atoms with Gasteiger partial charge in [-0.2, -0.15) is 0 Å². The second-order valence-corrected chi connectivity index (χ2v) is 5.32. The van der Waals surface area contributed by atoms with Crippen LogP contribution in [0.2, 0.25) is 0 Å². The van der Waals surface area contributed by atoms with Crippen molar-refractivity contribution in [3.8, 4) is 0 Å². The highest BCUT2D eigenvalue weighted by Crippen LogP contribution is 2.18. The molecular formula is C18H20F2N2O. The molecule has 0 heterocycles. The van der Waals surface area contributed by atoms with Crippen LogP contribution in [-0.2, 0) is 6.54 Å². The molecule has 0 aliphatic rings. The van der Waals surface area contributed by atoms with Crippen molar-refractivity contribution in [3.63, 3.8) is 0 Å². The fourth-order valence-electron chi connectivity index (χ4n) is 2.26. The van der Waals surface area contributed by atoms with Gasteiger partial charge in [0, 0.05) is 30.3 Å². The van der Waals surface area contributed by atoms with Crippen LogP contribution in [0.3, 0.4) is 0 Å². The molecule has 0 unspecified atom stereocenters. The molecule has 2 rings (SSSR count). The van der Waals surface area contributed by atoms with Crippen LogP contribution in [0.15, 0.2) is 42.5 Å². The highest BCUT2D eigenvalue weighted by atomic mass is 19.1. The summed E-state index contributed by atoms with van der Waals surface area (Å²) >= 11 is 0. The van der Waals surface area contributed by atoms with E-state index < -0.39 is 11.6 Å². The van der Waals surface area contributed by atoms with E-state index in [0.717, 1.165) is 17.7 Å². The Morgan fingerprint density at radius 2 is 1.83 bits per heavy atom. The highest BCUT2D eigenvalue weighted by molar-refractivity contribution is 5.94. The zero-order chi connectivity index (χ0) is 16.8. The highest BCUT2D eigenvalue weighted by Gasteiger charge is 2.11. The van der Waals surface area contributed by atoms with Crippen LogP contribution in [0.5, 0.6) is 0 Å². The predicted octanol–water partition coefficient (Wildman–Crippen LogP) is 3.57. The van der Waals surface area contributed by atoms with Gasteiger partial charge < -0.3 is 10.6 Å². The van der Waals surface area contributed by atoms with Gasteiger partial charge in [0.15, 0.2) is 0 Å². The molecule has 0 bridgehead atoms. The van der Waals surface area contributed by atoms with E-state index in [2.05, 4.69) is 10.6 Å². The molecule has 2 aromatic carbocycles. The third kappa shape index (κ3) is 4.60. The summed E-state index contributed by atoms with van der Waals surface area (Å²) in [7, 11) is 0. The van der Waals surface area contributed by atoms with Gasteiger partial charge in [0.1, 0.15) is 11.6 Å². The molecule has 2 N–H and O–H groups in total. The minimum atomic E-state index is -0.457. The largest absolute Gasteiger partial charge is 0.352 e. The molecule has 122 valence electrons. The number of rotatable bonds is 6. The third-order valence-electron chi connectivity index (χ3n) is 3.59. The smallest absolute Gasteiger partial charge is 0.251 e. The molecule has 5 heteroatoms. The maximum Gasteiger partial charge on any atom is 0.251 e. The lowest BCUT2D eigenvalue weighted by molar-refractivity contribution is 0.0956. The number of halogens is 2. The van der Waals surface area contributed by atoms with Crippen molar-refractivity contribution in [1.29, 1.82) is 0 Å². The van der Waals surface area contributed by atoms with Gasteiger partial charge in [0.05, 0.1) is 0 Å². The molecule has 0 saturated heterocycles. The Morgan fingerprint density at radius 1 is 1.13 bits per heavy atom. The average Bonchev–Trinajstić information content (AvgIpc) is 2.55. The SMILES string of the molecule is CCNC(=O)c1ccc(CN[C@@H](C)c2cc(F)ccc2F)cc1. The number of amides is 1. The van der Waals surface area contributed by atoms with E-state index in [9.17, 15) is 13.6 Å². The summed E-state index contributed by atoms with van der Waals surface area (Å²) in [6, 6.07) is 10.3. The van der Waals surface area contributed by atoms with E-state index >= 15 is 0 Å². The lowest BCUT2D eigenvalue weighted by atomic mass is 10.1. The first-order valence-electron chi connectivity index (χ1n) is 7.56. The number of hydrogen-bond donors (Lipinski definition) is 2. The molecule has 0 spiro atoms. The Labute approximate surface area is 134 Å². The van der Waals surface area contributed by atoms with Crippen molar-refractivity contribution in [2.24, 2.45) is 0 Å². The first-order valence-corrected chi connectivity index (χ1v) is 7.56. The normalized spacial score (nSPS) is 12.0. The van der Waals surface area contributed by atoms with Crippen LogP contribution in [0, 0.1) is 11.6 Å². The minimum Gasteiger partial charge on any atom is -0.352 e. The number of nitrogens with one attached hydrogen (secondary N) is 2. The van der Waals surface area contributed by atoms with Crippen molar-refractivity contribution in [2.45, 2.75) is 26.4 Å². The van der Waals surface area contributed by atoms with Gasteiger partial charge in [-0.05, 0) is 49.7 Å². The monoisotopic (exact) mass is 318 g/mol. The summed E-state index contributed by atoms with van der Waals surface area (Å²) in [5.41, 5.74) is 1.85. The minimum absolute atomic E-state index is 0.109. The summed E-state index contributed by atoms with van der Waals surface area (Å²) in [5.74, 6) is -0.999. The molecule has 1 amide bonds. The number of hydrogen-bond acceptors (Lipinski definition) is 2. The molecule has 0 aliphatic heterocycles. The summed E-state index contributed by atoms with van der Waals surface area (Å²) in [5, 5.41) is 5.88. The van der Waals surface area contributed by atoms with Crippen molar-refractivity contribution in [1.82, 2.24) is 10.6 Å². The maximum atomic E-state index is 13.7. The predicted molar refractivity (Wildman–Crippen MR) is 86.1 cm³/mol. The van der Waals surface area contributed by atoms with Gasteiger partial charge in [0.2, 0.25) is 0 Å². The topological polar surface area (TPSA) is 41.1 Å². The van der Waals surface area contributed by atoms with Gasteiger partial charge in [0.25, 0.3) is 5.91 Å². The quantitative estimate of drug-likeness (QED) is 0.855. The van der Waals surface area contributed by atoms with Crippen molar-refractivity contribution in [2.75, 3.05) is 6.54 Å². The maximum absolute atomic E-state index is 13.7. The Balaban J connectivity index is 1.97. The van der Waals surface area contributed by atoms with Crippen LogP contribution in [-0.4, -0.2) is 12.5 Å². The summed E-state index contributed by atoms with van der Waals surface area (Å²) in [6.45, 7) is 4.72. The fraction of sp³-hybridized carbons (Fsp3) is 0.278. The second-order valence-electron chi connectivity index (χ2n) is 5.32. The van der Waals surface area contributed by atoms with Crippen molar-refractivity contribution in [3.05, 3.63) is 70.8 Å². The first-order chi connectivity index (χ1) is 11.0. The lowest BCUT2D eigenvalue weighted by Gasteiger charge is -2.15. The molecule has 0 aliphatic carbocycles. The van der Waals surface area contributed by atoms with Gasteiger partial charge in [-0.25, -0.2) is 8.78 Å². The zero-order valence-electron chi connectivity index (χ0n) is 13.2. The Morgan fingerprint density at radius 3 is 2.48 bits per heavy atom. The molecule has 23 heavy (non-hydrogen) atoms. The first kappa shape index (κ1) is 17.1. The molecule has 0 aromatic heterocycles. The average molecular weight is 318 g/mol. The molecular weight excluding hydrogens is 298 g/mol. The van der Waals surface area contributed by atoms with Crippen LogP contribution in [0.4, 0.5) is 8.78 Å². The van der Waals surface area contributed by atoms with Crippen molar-refractivity contribution < 1.29 is 13.6 Å². The van der Waals surface area contributed by atoms with Gasteiger partial charge in [-0.3, -0.25) is 4.79 Å². The van der Waals surface area contributed by atoms with E-state index in [1.807, 2.05) is 19.1 Å². The van der Waals surface area contributed by atoms with Crippen LogP contribution < -0.4 is 10.6 Å². The number of carbonyl (C=O) groups excluding carboxylic acids is 1. The molecule has 0 saturated carbocycles. The van der Waals surface area contributed by atoms with E-state index in [-0.39, 0.29) is 11.9 Å². The van der Waals surface area contributed by atoms with E-state index in [1.54, 1.807) is 19.1 Å². The Hall–Kier alpha value is -2.27. The van der Waals surface area contributed by atoms with Crippen LogP contribution >= 0.6 is 0 Å². The Bertz CT molecular complexity index is 671. The van der Waals surface area contributed by atoms with Gasteiger partial charge in [-0.1, -0.05) is 12.1 Å². The van der Waals surface area contributed by atoms with E-state index in [1.165, 1.54) is 6.07 Å². The third-order valence-corrected chi connectivity index (χ3v) is 3.59. The second kappa shape index (κ2) is 7.83. The summed E-state index contributed by atoms with van der Waals surface area (Å²) in [6.07, 6.45) is 0. The van der Waals surface area contributed by atoms with Gasteiger partial charge in [-0.15, -0.1) is 0 Å². The number of carbonyl (C=O) groups is 1. The summed E-state index contributed by atoms with van der Waals surface area (Å²) in [4.78, 5) is 11.7. The lowest BCUT2D eigenvalue weighted by Crippen LogP contribution is -2.22. The summed E-state index contributed by atoms with van der Waals surface area (Å²) < 4.78 is 26.9. The number of benzene rings is 2. The molecule has 0 radical (unpaired) electrons. The Kier molecular flexibility index (Phi) is 5.82. The fourth-order valence-corrected chi connectivity index (χ4v) is 2.26. The molecule has 2 aromatic rings. The van der Waals surface area contributed by atoms with Gasteiger partial charge >= 0.3 is 0 Å². The zero-order valence-corrected chi connectivity index (χ0v) is 13.2. The standard InChI is InChI=1S/C18H20F2N2O/c1-3-21-18(23)14-6-4-13(5-7-14)11-22-12(2)16-10-15(19)8-9-17(16)20/h4-10,12,22H,3,11H2,1-2H3,(H,21,23)/t12-/m0/s1. The molecule has 0 fully saturated rings. The van der Waals surface area contributed by atoms with Crippen LogP contribution in [0.25, 0.3) is 0 Å². The van der Waals surface area contributed by atoms with Crippen LogP contribution in [0.1, 0.15) is 41.4 Å². The molecule has 3 nitrogen and oxygen atoms in total. The van der Waals surface area contributed by atoms with Crippen molar-refractivity contribution >= 4 is 5.91 Å².